The van der Waals surface area contributed by atoms with Gasteiger partial charge in [0.05, 0.1) is 15.9 Å². The van der Waals surface area contributed by atoms with Gasteiger partial charge in [0.15, 0.2) is 11.5 Å². The second-order valence-electron chi connectivity index (χ2n) is 5.16. The van der Waals surface area contributed by atoms with Crippen LogP contribution >= 0.6 is 15.9 Å². The van der Waals surface area contributed by atoms with Gasteiger partial charge in [-0.3, -0.25) is 10.7 Å². The van der Waals surface area contributed by atoms with Crippen LogP contribution in [0.25, 0.3) is 0 Å². The van der Waals surface area contributed by atoms with Crippen LogP contribution in [0.4, 0.5) is 15.9 Å². The summed E-state index contributed by atoms with van der Waals surface area (Å²) in [6.07, 6.45) is 0. The van der Waals surface area contributed by atoms with Crippen molar-refractivity contribution in [1.29, 1.82) is 0 Å². The van der Waals surface area contributed by atoms with Crippen LogP contribution in [0.2, 0.25) is 0 Å². The number of nitrogens with zero attached hydrogens (tertiary/aromatic N) is 4. The second kappa shape index (κ2) is 8.53. The highest BCUT2D eigenvalue weighted by Crippen LogP contribution is 2.23. The third-order valence-electron chi connectivity index (χ3n) is 3.17. The molecule has 0 aliphatic rings. The van der Waals surface area contributed by atoms with Gasteiger partial charge in [-0.1, -0.05) is 0 Å². The van der Waals surface area contributed by atoms with Crippen molar-refractivity contribution in [3.8, 4) is 0 Å². The lowest BCUT2D eigenvalue weighted by Crippen LogP contribution is -2.29. The first-order valence-electron chi connectivity index (χ1n) is 7.15. The molecule has 3 N–H and O–H groups in total. The van der Waals surface area contributed by atoms with Crippen molar-refractivity contribution in [3.63, 3.8) is 0 Å². The molecule has 0 atom stereocenters. The van der Waals surface area contributed by atoms with Gasteiger partial charge < -0.3 is 5.32 Å². The number of hydrogen-bond acceptors (Lipinski definition) is 8. The Morgan fingerprint density at radius 2 is 2.15 bits per heavy atom. The Labute approximate surface area is 157 Å². The van der Waals surface area contributed by atoms with Crippen LogP contribution < -0.4 is 10.8 Å². The number of hydroxylamine groups is 1. The summed E-state index contributed by atoms with van der Waals surface area (Å²) in [5, 5.41) is 19.3. The van der Waals surface area contributed by atoms with E-state index in [-0.39, 0.29) is 34.1 Å². The molecule has 1 aromatic heterocycles. The zero-order valence-corrected chi connectivity index (χ0v) is 16.2. The third kappa shape index (κ3) is 4.97. The molecule has 2 aromatic rings. The standard InChI is InChI=1S/C13H16BrFN6O4S/c1-21(2)26(23,24)6-5-16-12-11(19-25-20-12)13(18-22)17-8-3-4-10(15)9(14)7-8/h3-4,7,22H,5-6H2,1-2H3,(H,16,20)(H,17,18). The molecule has 0 unspecified atom stereocenters. The smallest absolute Gasteiger partial charge is 0.215 e. The minimum Gasteiger partial charge on any atom is -0.364 e. The first-order chi connectivity index (χ1) is 12.2. The Hall–Kier alpha value is -2.09. The van der Waals surface area contributed by atoms with Gasteiger partial charge in [-0.2, -0.15) is 0 Å². The zero-order valence-electron chi connectivity index (χ0n) is 13.8. The number of rotatable bonds is 7. The van der Waals surface area contributed by atoms with Gasteiger partial charge in [0.2, 0.25) is 15.8 Å². The summed E-state index contributed by atoms with van der Waals surface area (Å²) < 4.78 is 42.7. The summed E-state index contributed by atoms with van der Waals surface area (Å²) in [6.45, 7) is 0.0303. The summed E-state index contributed by atoms with van der Waals surface area (Å²) in [5.74, 6) is -0.686. The molecule has 2 rings (SSSR count). The molecular weight excluding hydrogens is 435 g/mol. The number of sulfonamides is 1. The van der Waals surface area contributed by atoms with Gasteiger partial charge >= 0.3 is 0 Å². The normalized spacial score (nSPS) is 12.5. The average molecular weight is 451 g/mol. The molecule has 0 radical (unpaired) electrons. The van der Waals surface area contributed by atoms with E-state index in [4.69, 9.17) is 0 Å². The fraction of sp³-hybridized carbons (Fsp3) is 0.308. The minimum absolute atomic E-state index is 0.0233. The van der Waals surface area contributed by atoms with Crippen molar-refractivity contribution >= 4 is 43.3 Å². The van der Waals surface area contributed by atoms with Gasteiger partial charge in [0.1, 0.15) is 5.82 Å². The van der Waals surface area contributed by atoms with Gasteiger partial charge in [-0.05, 0) is 44.4 Å². The summed E-state index contributed by atoms with van der Waals surface area (Å²) in [7, 11) is -0.531. The van der Waals surface area contributed by atoms with Crippen LogP contribution in [-0.2, 0) is 10.0 Å². The maximum absolute atomic E-state index is 13.3. The van der Waals surface area contributed by atoms with E-state index in [1.807, 2.05) is 5.48 Å². The Morgan fingerprint density at radius 1 is 1.42 bits per heavy atom. The first-order valence-corrected chi connectivity index (χ1v) is 9.55. The lowest BCUT2D eigenvalue weighted by Gasteiger charge is -2.11. The molecule has 10 nitrogen and oxygen atoms in total. The highest BCUT2D eigenvalue weighted by molar-refractivity contribution is 9.10. The number of aliphatic imine (C=N–C) groups is 1. The Bertz CT molecular complexity index is 902. The van der Waals surface area contributed by atoms with E-state index >= 15 is 0 Å². The molecule has 0 fully saturated rings. The van der Waals surface area contributed by atoms with Gasteiger partial charge in [-0.15, -0.1) is 0 Å². The molecule has 0 bridgehead atoms. The second-order valence-corrected chi connectivity index (χ2v) is 8.31. The van der Waals surface area contributed by atoms with Crippen LogP contribution in [0.3, 0.4) is 0 Å². The van der Waals surface area contributed by atoms with Crippen LogP contribution in [0, 0.1) is 5.82 Å². The first kappa shape index (κ1) is 20.2. The lowest BCUT2D eigenvalue weighted by atomic mass is 10.3. The van der Waals surface area contributed by atoms with E-state index in [1.165, 1.54) is 32.3 Å². The van der Waals surface area contributed by atoms with Gasteiger partial charge in [-0.25, -0.2) is 26.7 Å². The molecule has 142 valence electrons. The van der Waals surface area contributed by atoms with Crippen molar-refractivity contribution in [3.05, 3.63) is 34.2 Å². The predicted octanol–water partition coefficient (Wildman–Crippen LogP) is 1.33. The molecule has 1 heterocycles. The molecule has 13 heteroatoms. The summed E-state index contributed by atoms with van der Waals surface area (Å²) in [4.78, 5) is 4.10. The topological polar surface area (TPSA) is 133 Å². The van der Waals surface area contributed by atoms with Gasteiger partial charge in [0.25, 0.3) is 0 Å². The van der Waals surface area contributed by atoms with Crippen molar-refractivity contribution < 1.29 is 22.6 Å². The van der Waals surface area contributed by atoms with E-state index in [0.29, 0.717) is 5.69 Å². The van der Waals surface area contributed by atoms with E-state index in [0.717, 1.165) is 4.31 Å². The Kier molecular flexibility index (Phi) is 6.63. The fourth-order valence-electron chi connectivity index (χ4n) is 1.76. The quantitative estimate of drug-likeness (QED) is 0.326. The fourth-order valence-corrected chi connectivity index (χ4v) is 2.85. The number of amidine groups is 1. The molecular formula is C13H16BrFN6O4S. The minimum atomic E-state index is -3.39. The molecule has 0 saturated heterocycles. The van der Waals surface area contributed by atoms with Crippen molar-refractivity contribution in [1.82, 2.24) is 20.1 Å². The van der Waals surface area contributed by atoms with Gasteiger partial charge in [0, 0.05) is 20.6 Å². The predicted molar refractivity (Wildman–Crippen MR) is 95.5 cm³/mol. The maximum atomic E-state index is 13.3. The number of nitrogens with one attached hydrogen (secondary N) is 2. The number of aromatic nitrogens is 2. The molecule has 0 amide bonds. The Morgan fingerprint density at radius 3 is 2.77 bits per heavy atom. The molecule has 0 aliphatic heterocycles. The SMILES string of the molecule is CN(C)S(=O)(=O)CCNc1nonc1C(=Nc1ccc(F)c(Br)c1)NO. The average Bonchev–Trinajstić information content (AvgIpc) is 3.04. The van der Waals surface area contributed by atoms with Crippen LogP contribution in [-0.4, -0.2) is 60.5 Å². The molecule has 26 heavy (non-hydrogen) atoms. The van der Waals surface area contributed by atoms with Crippen molar-refractivity contribution in [2.75, 3.05) is 31.7 Å². The highest BCUT2D eigenvalue weighted by Gasteiger charge is 2.18. The number of anilines is 1. The zero-order chi connectivity index (χ0) is 19.3. The van der Waals surface area contributed by atoms with Crippen molar-refractivity contribution in [2.24, 2.45) is 4.99 Å². The summed E-state index contributed by atoms with van der Waals surface area (Å²) >= 11 is 3.04. The van der Waals surface area contributed by atoms with Crippen LogP contribution in [0.5, 0.6) is 0 Å². The highest BCUT2D eigenvalue weighted by atomic mass is 79.9. The summed E-state index contributed by atoms with van der Waals surface area (Å²) in [6, 6.07) is 3.99. The number of hydrogen-bond donors (Lipinski definition) is 3. The molecule has 0 saturated carbocycles. The number of halogens is 2. The largest absolute Gasteiger partial charge is 0.364 e. The van der Waals surface area contributed by atoms with E-state index in [1.54, 1.807) is 0 Å². The summed E-state index contributed by atoms with van der Waals surface area (Å²) in [5.41, 5.74) is 2.21. The van der Waals surface area contributed by atoms with E-state index < -0.39 is 15.8 Å². The number of benzene rings is 1. The lowest BCUT2D eigenvalue weighted by molar-refractivity contribution is 0.234. The maximum Gasteiger partial charge on any atom is 0.215 e. The van der Waals surface area contributed by atoms with Crippen LogP contribution in [0.15, 0.2) is 32.3 Å². The van der Waals surface area contributed by atoms with E-state index in [9.17, 15) is 18.0 Å². The monoisotopic (exact) mass is 450 g/mol. The Balaban J connectivity index is 2.18. The van der Waals surface area contributed by atoms with Crippen LogP contribution in [0.1, 0.15) is 5.69 Å². The third-order valence-corrected chi connectivity index (χ3v) is 5.61. The molecule has 1 aromatic carbocycles. The van der Waals surface area contributed by atoms with E-state index in [2.05, 4.69) is 41.2 Å². The molecule has 0 spiro atoms. The molecule has 0 aliphatic carbocycles. The van der Waals surface area contributed by atoms with Crippen molar-refractivity contribution in [2.45, 2.75) is 0 Å².